The molecule has 3 aliphatic heterocycles. The van der Waals surface area contributed by atoms with Gasteiger partial charge in [0.25, 0.3) is 11.8 Å². The van der Waals surface area contributed by atoms with Gasteiger partial charge in [0.05, 0.1) is 25.3 Å². The van der Waals surface area contributed by atoms with E-state index in [2.05, 4.69) is 20.4 Å². The number of nitrogens with zero attached hydrogens (tertiary/aromatic N) is 5. The van der Waals surface area contributed by atoms with E-state index in [-0.39, 0.29) is 26.7 Å². The number of carboxylic acid groups (broad SMARTS) is 1. The van der Waals surface area contributed by atoms with E-state index in [0.29, 0.717) is 18.5 Å². The summed E-state index contributed by atoms with van der Waals surface area (Å²) < 4.78 is 0.0483. The van der Waals surface area contributed by atoms with Crippen LogP contribution in [0.1, 0.15) is 18.5 Å². The fourth-order valence-corrected chi connectivity index (χ4v) is 4.50. The van der Waals surface area contributed by atoms with Crippen LogP contribution in [0.15, 0.2) is 39.3 Å². The quantitative estimate of drug-likeness (QED) is 0.233. The van der Waals surface area contributed by atoms with Gasteiger partial charge in [-0.1, -0.05) is 5.16 Å². The molecule has 0 saturated carbocycles. The minimum absolute atomic E-state index is 0.0483. The number of rotatable bonds is 6. The van der Waals surface area contributed by atoms with E-state index in [1.165, 1.54) is 12.0 Å². The molecule has 2 amide bonds. The second-order valence-corrected chi connectivity index (χ2v) is 8.14. The number of carbonyl (C=O) groups excluding carboxylic acids is 3. The number of nitrogen functional groups attached to an aromatic ring is 1. The van der Waals surface area contributed by atoms with Gasteiger partial charge in [-0.15, -0.1) is 11.3 Å². The van der Waals surface area contributed by atoms with Crippen molar-refractivity contribution < 1.29 is 28.8 Å². The number of aliphatic carboxylic acids is 1. The highest BCUT2D eigenvalue weighted by Gasteiger charge is 2.55. The van der Waals surface area contributed by atoms with Crippen LogP contribution in [0, 0.1) is 0 Å². The van der Waals surface area contributed by atoms with Crippen LogP contribution in [-0.2, 0) is 19.2 Å². The normalized spacial score (nSPS) is 27.2. The number of fused-ring (bicyclic) bond motifs is 1. The van der Waals surface area contributed by atoms with Gasteiger partial charge in [0, 0.05) is 11.8 Å². The number of aliphatic imine (C=N–C) groups is 1. The number of oxime groups is 1. The van der Waals surface area contributed by atoms with Crippen molar-refractivity contribution in [3.8, 4) is 0 Å². The van der Waals surface area contributed by atoms with E-state index in [0.717, 1.165) is 11.3 Å². The van der Waals surface area contributed by atoms with Gasteiger partial charge in [0.1, 0.15) is 36.4 Å². The van der Waals surface area contributed by atoms with Gasteiger partial charge in [-0.3, -0.25) is 14.5 Å². The van der Waals surface area contributed by atoms with E-state index in [1.807, 2.05) is 0 Å². The summed E-state index contributed by atoms with van der Waals surface area (Å²) in [6.45, 7) is 0. The second kappa shape index (κ2) is 7.59. The van der Waals surface area contributed by atoms with Gasteiger partial charge in [-0.25, -0.2) is 14.5 Å². The molecule has 0 aromatic carbocycles. The molecular weight excluding hydrogens is 426 g/mol. The molecule has 1 unspecified atom stereocenters. The van der Waals surface area contributed by atoms with E-state index in [4.69, 9.17) is 10.6 Å². The molecule has 12 nitrogen and oxygen atoms in total. The molecule has 1 saturated heterocycles. The highest BCUT2D eigenvalue weighted by atomic mass is 32.1. The van der Waals surface area contributed by atoms with E-state index >= 15 is 0 Å². The third-order valence-electron chi connectivity index (χ3n) is 5.40. The fraction of sp³-hybridized carbons (Fsp3) is 0.333. The van der Waals surface area contributed by atoms with Gasteiger partial charge >= 0.3 is 0 Å². The maximum absolute atomic E-state index is 12.9. The molecule has 1 aromatic heterocycles. The van der Waals surface area contributed by atoms with Crippen molar-refractivity contribution in [2.45, 2.75) is 24.9 Å². The van der Waals surface area contributed by atoms with E-state index in [9.17, 15) is 19.5 Å². The molecule has 4 heterocycles. The van der Waals surface area contributed by atoms with Crippen molar-refractivity contribution in [2.75, 3.05) is 19.9 Å². The number of carbonyl (C=O) groups is 3. The first-order valence-corrected chi connectivity index (χ1v) is 10.1. The average molecular weight is 445 g/mol. The molecule has 31 heavy (non-hydrogen) atoms. The van der Waals surface area contributed by atoms with Crippen LogP contribution >= 0.6 is 11.3 Å². The molecule has 0 aliphatic carbocycles. The van der Waals surface area contributed by atoms with Crippen LogP contribution < -0.4 is 16.2 Å². The van der Waals surface area contributed by atoms with Crippen molar-refractivity contribution in [3.05, 3.63) is 34.9 Å². The zero-order valence-corrected chi connectivity index (χ0v) is 17.5. The molecule has 1 aromatic rings. The number of carboxylic acids is 1. The molecule has 0 radical (unpaired) electrons. The molecule has 3 atom stereocenters. The van der Waals surface area contributed by atoms with Crippen LogP contribution in [0.2, 0.25) is 0 Å². The van der Waals surface area contributed by atoms with Gasteiger partial charge < -0.3 is 25.8 Å². The van der Waals surface area contributed by atoms with Crippen molar-refractivity contribution in [1.82, 2.24) is 15.2 Å². The maximum Gasteiger partial charge on any atom is 0.276 e. The Morgan fingerprint density at radius 2 is 2.26 bits per heavy atom. The molecular formula is C18H19N7O5S. The Labute approximate surface area is 180 Å². The molecule has 0 bridgehead atoms. The van der Waals surface area contributed by atoms with Gasteiger partial charge in [-0.2, -0.15) is 0 Å². The Morgan fingerprint density at radius 3 is 2.84 bits per heavy atom. The molecule has 1 fully saturated rings. The third-order valence-corrected chi connectivity index (χ3v) is 6.08. The van der Waals surface area contributed by atoms with E-state index < -0.39 is 29.9 Å². The van der Waals surface area contributed by atoms with Crippen molar-refractivity contribution >= 4 is 46.3 Å². The first-order valence-electron chi connectivity index (χ1n) is 9.26. The summed E-state index contributed by atoms with van der Waals surface area (Å²) in [7, 11) is 3.04. The average Bonchev–Trinajstić information content (AvgIpc) is 3.37. The maximum atomic E-state index is 12.9. The van der Waals surface area contributed by atoms with Crippen LogP contribution in [0.4, 0.5) is 5.13 Å². The van der Waals surface area contributed by atoms with Crippen molar-refractivity contribution in [3.63, 3.8) is 0 Å². The topological polar surface area (TPSA) is 162 Å². The monoisotopic (exact) mass is 445 g/mol. The number of nitrogens with one attached hydrogen (secondary N) is 1. The number of hydrogen-bond acceptors (Lipinski definition) is 10. The Morgan fingerprint density at radius 1 is 1.48 bits per heavy atom. The SMILES string of the molecule is CO/N=C(/C(=O)N[C@@H]1C(=O)N2C(C(=O)[O-])=C([N+]3(C)C=CN=C3)CC[C@H]12)c1csc(N)n1. The number of allylic oxidation sites excluding steroid dienone is 1. The summed E-state index contributed by atoms with van der Waals surface area (Å²) in [5.74, 6) is -2.68. The number of nitrogens with two attached hydrogens (primary N) is 1. The molecule has 4 rings (SSSR count). The fourth-order valence-electron chi connectivity index (χ4n) is 3.96. The lowest BCUT2D eigenvalue weighted by atomic mass is 9.84. The Bertz CT molecular complexity index is 1080. The predicted octanol–water partition coefficient (Wildman–Crippen LogP) is -1.51. The zero-order chi connectivity index (χ0) is 22.3. The number of quaternary nitrogens is 1. The Balaban J connectivity index is 1.57. The third kappa shape index (κ3) is 3.37. The van der Waals surface area contributed by atoms with Crippen molar-refractivity contribution in [2.24, 2.45) is 10.1 Å². The molecule has 0 spiro atoms. The second-order valence-electron chi connectivity index (χ2n) is 7.25. The largest absolute Gasteiger partial charge is 0.543 e. The number of hydrogen-bond donors (Lipinski definition) is 2. The molecule has 3 aliphatic rings. The smallest absolute Gasteiger partial charge is 0.276 e. The summed E-state index contributed by atoms with van der Waals surface area (Å²) in [6.07, 6.45) is 5.70. The first-order chi connectivity index (χ1) is 14.8. The Kier molecular flexibility index (Phi) is 5.07. The molecule has 13 heteroatoms. The minimum atomic E-state index is -1.45. The molecule has 3 N–H and O–H groups in total. The zero-order valence-electron chi connectivity index (χ0n) is 16.6. The van der Waals surface area contributed by atoms with Crippen LogP contribution in [0.5, 0.6) is 0 Å². The van der Waals surface area contributed by atoms with E-state index in [1.54, 1.807) is 31.2 Å². The predicted molar refractivity (Wildman–Crippen MR) is 108 cm³/mol. The first kappa shape index (κ1) is 20.7. The molecule has 162 valence electrons. The summed E-state index contributed by atoms with van der Waals surface area (Å²) in [6, 6.07) is -1.43. The highest BCUT2D eigenvalue weighted by Crippen LogP contribution is 2.40. The number of amides is 2. The lowest BCUT2D eigenvalue weighted by Crippen LogP contribution is -2.73. The number of thiazole rings is 1. The minimum Gasteiger partial charge on any atom is -0.543 e. The Hall–Kier alpha value is -3.58. The summed E-state index contributed by atoms with van der Waals surface area (Å²) in [4.78, 5) is 51.5. The summed E-state index contributed by atoms with van der Waals surface area (Å²) in [5.41, 5.74) is 6.00. The van der Waals surface area contributed by atoms with Gasteiger partial charge in [0.2, 0.25) is 0 Å². The number of anilines is 1. The van der Waals surface area contributed by atoms with Crippen LogP contribution in [-0.4, -0.2) is 70.4 Å². The lowest BCUT2D eigenvalue weighted by molar-refractivity contribution is -0.716. The van der Waals surface area contributed by atoms with Crippen LogP contribution in [0.3, 0.4) is 0 Å². The summed E-state index contributed by atoms with van der Waals surface area (Å²) >= 11 is 1.13. The highest BCUT2D eigenvalue weighted by molar-refractivity contribution is 7.13. The van der Waals surface area contributed by atoms with Gasteiger partial charge in [-0.05, 0) is 6.42 Å². The van der Waals surface area contributed by atoms with Crippen LogP contribution in [0.25, 0.3) is 0 Å². The number of aromatic nitrogens is 1. The standard InChI is InChI=1S/C18H19N7O5S/c1-25(6-5-20-8-25)11-4-3-10-13(16(27)24(10)14(11)17(28)29)22-15(26)12(23-30-2)9-7-31-18(19)21-9/h5-8,10,13H,3-4H2,1-2H3,(H3-,19,21,22,26,28,29)/b23-12+/t10-,13+,25?/m1/s1. The summed E-state index contributed by atoms with van der Waals surface area (Å²) in [5, 5.41) is 20.0. The lowest BCUT2D eigenvalue weighted by Gasteiger charge is -2.51. The van der Waals surface area contributed by atoms with Crippen molar-refractivity contribution in [1.29, 1.82) is 0 Å². The number of β-lactam (4-membered cyclic amide) rings is 1. The van der Waals surface area contributed by atoms with Gasteiger partial charge in [0.15, 0.2) is 17.2 Å².